The predicted octanol–water partition coefficient (Wildman–Crippen LogP) is 2.31. The number of nitrogens with zero attached hydrogens (tertiary/aromatic N) is 2. The Morgan fingerprint density at radius 1 is 1.12 bits per heavy atom. The van der Waals surface area contributed by atoms with Crippen molar-refractivity contribution in [3.8, 4) is 0 Å². The van der Waals surface area contributed by atoms with Crippen molar-refractivity contribution in [2.24, 2.45) is 5.73 Å². The summed E-state index contributed by atoms with van der Waals surface area (Å²) < 4.78 is 6.60. The summed E-state index contributed by atoms with van der Waals surface area (Å²) in [4.78, 5) is 0. The first kappa shape index (κ1) is 12.3. The number of benzene rings is 1. The molecule has 2 aromatic rings. The summed E-state index contributed by atoms with van der Waals surface area (Å²) in [5.74, 6) is 1.32. The Bertz CT molecular complexity index is 467. The van der Waals surface area contributed by atoms with Gasteiger partial charge in [0.1, 0.15) is 0 Å². The molecule has 5 heteroatoms. The van der Waals surface area contributed by atoms with Gasteiger partial charge in [-0.2, -0.15) is 0 Å². The molecule has 0 radical (unpaired) electrons. The third kappa shape index (κ3) is 3.64. The molecule has 17 heavy (non-hydrogen) atoms. The van der Waals surface area contributed by atoms with Gasteiger partial charge < -0.3 is 10.2 Å². The molecule has 4 nitrogen and oxygen atoms in total. The highest BCUT2D eigenvalue weighted by Crippen LogP contribution is 2.13. The Morgan fingerprint density at radius 3 is 2.53 bits per heavy atom. The fraction of sp³-hybridized carbons (Fsp3) is 0.333. The van der Waals surface area contributed by atoms with Crippen molar-refractivity contribution in [3.05, 3.63) is 46.1 Å². The number of aromatic nitrogens is 2. The SMILES string of the molecule is NCCCc1nnc(Cc2ccc(Br)cc2)o1. The van der Waals surface area contributed by atoms with Gasteiger partial charge in [-0.25, -0.2) is 0 Å². The Labute approximate surface area is 108 Å². The molecule has 0 aliphatic rings. The van der Waals surface area contributed by atoms with Crippen LogP contribution in [0.15, 0.2) is 33.2 Å². The van der Waals surface area contributed by atoms with E-state index < -0.39 is 0 Å². The summed E-state index contributed by atoms with van der Waals surface area (Å²) in [6.45, 7) is 0.643. The lowest BCUT2D eigenvalue weighted by Gasteiger charge is -1.96. The summed E-state index contributed by atoms with van der Waals surface area (Å²) >= 11 is 3.40. The highest BCUT2D eigenvalue weighted by molar-refractivity contribution is 9.10. The second kappa shape index (κ2) is 5.93. The highest BCUT2D eigenvalue weighted by atomic mass is 79.9. The van der Waals surface area contributed by atoms with Crippen molar-refractivity contribution in [1.82, 2.24) is 10.2 Å². The molecule has 1 aromatic heterocycles. The second-order valence-corrected chi connectivity index (χ2v) is 4.70. The van der Waals surface area contributed by atoms with Gasteiger partial charge in [0, 0.05) is 10.9 Å². The fourth-order valence-corrected chi connectivity index (χ4v) is 1.76. The lowest BCUT2D eigenvalue weighted by atomic mass is 10.1. The van der Waals surface area contributed by atoms with E-state index in [2.05, 4.69) is 26.1 Å². The summed E-state index contributed by atoms with van der Waals surface area (Å²) in [5.41, 5.74) is 6.58. The zero-order valence-corrected chi connectivity index (χ0v) is 11.0. The van der Waals surface area contributed by atoms with Gasteiger partial charge in [-0.1, -0.05) is 28.1 Å². The van der Waals surface area contributed by atoms with E-state index in [4.69, 9.17) is 10.2 Å². The van der Waals surface area contributed by atoms with Crippen molar-refractivity contribution in [1.29, 1.82) is 0 Å². The summed E-state index contributed by atoms with van der Waals surface area (Å²) in [5, 5.41) is 8.00. The van der Waals surface area contributed by atoms with Crippen LogP contribution in [0.3, 0.4) is 0 Å². The molecule has 2 N–H and O–H groups in total. The Balaban J connectivity index is 1.98. The number of aryl methyl sites for hydroxylation is 1. The fourth-order valence-electron chi connectivity index (χ4n) is 1.49. The molecule has 0 aliphatic carbocycles. The van der Waals surface area contributed by atoms with Crippen LogP contribution in [-0.4, -0.2) is 16.7 Å². The molecular formula is C12H14BrN3O. The normalized spacial score (nSPS) is 10.7. The zero-order chi connectivity index (χ0) is 12.1. The number of rotatable bonds is 5. The van der Waals surface area contributed by atoms with E-state index in [0.717, 1.165) is 22.9 Å². The minimum Gasteiger partial charge on any atom is -0.425 e. The first-order valence-electron chi connectivity index (χ1n) is 5.53. The minimum atomic E-state index is 0.643. The molecule has 1 aromatic carbocycles. The second-order valence-electron chi connectivity index (χ2n) is 3.79. The van der Waals surface area contributed by atoms with Crippen molar-refractivity contribution in [2.45, 2.75) is 19.3 Å². The van der Waals surface area contributed by atoms with E-state index >= 15 is 0 Å². The van der Waals surface area contributed by atoms with Gasteiger partial charge in [0.2, 0.25) is 11.8 Å². The lowest BCUT2D eigenvalue weighted by molar-refractivity contribution is 0.453. The lowest BCUT2D eigenvalue weighted by Crippen LogP contribution is -2.00. The van der Waals surface area contributed by atoms with E-state index in [1.807, 2.05) is 24.3 Å². The first-order chi connectivity index (χ1) is 8.28. The topological polar surface area (TPSA) is 64.9 Å². The van der Waals surface area contributed by atoms with E-state index in [1.54, 1.807) is 0 Å². The molecule has 0 saturated carbocycles. The van der Waals surface area contributed by atoms with Crippen LogP contribution in [0.4, 0.5) is 0 Å². The van der Waals surface area contributed by atoms with E-state index in [9.17, 15) is 0 Å². The van der Waals surface area contributed by atoms with Crippen molar-refractivity contribution < 1.29 is 4.42 Å². The first-order valence-corrected chi connectivity index (χ1v) is 6.33. The average molecular weight is 296 g/mol. The summed E-state index contributed by atoms with van der Waals surface area (Å²) in [6, 6.07) is 8.07. The third-order valence-corrected chi connectivity index (χ3v) is 2.90. The smallest absolute Gasteiger partial charge is 0.220 e. The van der Waals surface area contributed by atoms with E-state index in [-0.39, 0.29) is 0 Å². The molecule has 0 fully saturated rings. The van der Waals surface area contributed by atoms with Crippen LogP contribution in [0.5, 0.6) is 0 Å². The third-order valence-electron chi connectivity index (χ3n) is 2.37. The van der Waals surface area contributed by atoms with Crippen molar-refractivity contribution in [2.75, 3.05) is 6.54 Å². The maximum Gasteiger partial charge on any atom is 0.220 e. The minimum absolute atomic E-state index is 0.643. The van der Waals surface area contributed by atoms with Crippen LogP contribution in [0.1, 0.15) is 23.8 Å². The van der Waals surface area contributed by atoms with Gasteiger partial charge in [-0.3, -0.25) is 0 Å². The van der Waals surface area contributed by atoms with Gasteiger partial charge >= 0.3 is 0 Å². The number of halogens is 1. The molecular weight excluding hydrogens is 282 g/mol. The highest BCUT2D eigenvalue weighted by Gasteiger charge is 2.06. The van der Waals surface area contributed by atoms with Crippen LogP contribution >= 0.6 is 15.9 Å². The summed E-state index contributed by atoms with van der Waals surface area (Å²) in [6.07, 6.45) is 2.30. The largest absolute Gasteiger partial charge is 0.425 e. The number of hydrogen-bond donors (Lipinski definition) is 1. The Morgan fingerprint density at radius 2 is 1.82 bits per heavy atom. The quantitative estimate of drug-likeness (QED) is 0.919. The molecule has 0 unspecified atom stereocenters. The summed E-state index contributed by atoms with van der Waals surface area (Å²) in [7, 11) is 0. The molecule has 0 spiro atoms. The number of nitrogens with two attached hydrogens (primary N) is 1. The predicted molar refractivity (Wildman–Crippen MR) is 68.6 cm³/mol. The number of hydrogen-bond acceptors (Lipinski definition) is 4. The maximum absolute atomic E-state index is 5.53. The molecule has 0 aliphatic heterocycles. The van der Waals surface area contributed by atoms with Crippen LogP contribution in [0, 0.1) is 0 Å². The van der Waals surface area contributed by atoms with Crippen molar-refractivity contribution in [3.63, 3.8) is 0 Å². The van der Waals surface area contributed by atoms with Gasteiger partial charge in [0.15, 0.2) is 0 Å². The van der Waals surface area contributed by atoms with Gasteiger partial charge in [-0.05, 0) is 30.7 Å². The zero-order valence-electron chi connectivity index (χ0n) is 9.40. The van der Waals surface area contributed by atoms with Gasteiger partial charge in [-0.15, -0.1) is 10.2 Å². The van der Waals surface area contributed by atoms with Crippen LogP contribution in [-0.2, 0) is 12.8 Å². The Kier molecular flexibility index (Phi) is 4.28. The maximum atomic E-state index is 5.53. The molecule has 0 amide bonds. The van der Waals surface area contributed by atoms with Gasteiger partial charge in [0.25, 0.3) is 0 Å². The molecule has 2 rings (SSSR count). The molecule has 0 saturated heterocycles. The van der Waals surface area contributed by atoms with Crippen molar-refractivity contribution >= 4 is 15.9 Å². The monoisotopic (exact) mass is 295 g/mol. The molecule has 0 atom stereocenters. The average Bonchev–Trinajstić information content (AvgIpc) is 2.77. The van der Waals surface area contributed by atoms with E-state index in [0.29, 0.717) is 24.7 Å². The van der Waals surface area contributed by atoms with Crippen LogP contribution < -0.4 is 5.73 Å². The van der Waals surface area contributed by atoms with E-state index in [1.165, 1.54) is 0 Å². The standard InChI is InChI=1S/C12H14BrN3O/c13-10-5-3-9(4-6-10)8-12-16-15-11(17-12)2-1-7-14/h3-6H,1-2,7-8,14H2. The Hall–Kier alpha value is -1.20. The van der Waals surface area contributed by atoms with Crippen LogP contribution in [0.2, 0.25) is 0 Å². The van der Waals surface area contributed by atoms with Gasteiger partial charge in [0.05, 0.1) is 6.42 Å². The van der Waals surface area contributed by atoms with Crippen LogP contribution in [0.25, 0.3) is 0 Å². The molecule has 0 bridgehead atoms. The molecule has 90 valence electrons. The molecule has 1 heterocycles.